The lowest BCUT2D eigenvalue weighted by Gasteiger charge is -2.10. The summed E-state index contributed by atoms with van der Waals surface area (Å²) in [5, 5.41) is 8.71. The zero-order valence-electron chi connectivity index (χ0n) is 9.69. The molecular formula is C12H14BrNO3S. The van der Waals surface area contributed by atoms with Crippen LogP contribution in [0.1, 0.15) is 11.1 Å². The monoisotopic (exact) mass is 331 g/mol. The van der Waals surface area contributed by atoms with Crippen molar-refractivity contribution in [1.82, 2.24) is 0 Å². The molecular weight excluding hydrogens is 318 g/mol. The SMILES string of the molecule is N[C@H](CSCc1cc(Br)cc2c1OCC2)C(=O)O. The van der Waals surface area contributed by atoms with Crippen molar-refractivity contribution in [3.05, 3.63) is 27.7 Å². The van der Waals surface area contributed by atoms with Crippen LogP contribution in [0.25, 0.3) is 0 Å². The van der Waals surface area contributed by atoms with Crippen molar-refractivity contribution in [2.45, 2.75) is 18.2 Å². The van der Waals surface area contributed by atoms with Gasteiger partial charge in [0.15, 0.2) is 0 Å². The minimum atomic E-state index is -0.960. The van der Waals surface area contributed by atoms with E-state index in [1.807, 2.05) is 6.07 Å². The van der Waals surface area contributed by atoms with Crippen LogP contribution in [-0.2, 0) is 17.0 Å². The summed E-state index contributed by atoms with van der Waals surface area (Å²) in [6, 6.07) is 3.28. The van der Waals surface area contributed by atoms with E-state index in [4.69, 9.17) is 15.6 Å². The molecule has 0 aliphatic carbocycles. The molecule has 1 heterocycles. The summed E-state index contributed by atoms with van der Waals surface area (Å²) in [5.74, 6) is 1.10. The molecule has 0 fully saturated rings. The van der Waals surface area contributed by atoms with E-state index in [-0.39, 0.29) is 0 Å². The number of carboxylic acid groups (broad SMARTS) is 1. The average Bonchev–Trinajstić information content (AvgIpc) is 2.76. The Morgan fingerprint density at radius 3 is 3.11 bits per heavy atom. The summed E-state index contributed by atoms with van der Waals surface area (Å²) in [7, 11) is 0. The Kier molecular flexibility index (Phi) is 4.53. The predicted molar refractivity (Wildman–Crippen MR) is 75.1 cm³/mol. The zero-order valence-corrected chi connectivity index (χ0v) is 12.1. The van der Waals surface area contributed by atoms with Crippen molar-refractivity contribution >= 4 is 33.7 Å². The highest BCUT2D eigenvalue weighted by Gasteiger charge is 2.18. The van der Waals surface area contributed by atoms with Gasteiger partial charge >= 0.3 is 5.97 Å². The Balaban J connectivity index is 2.00. The highest BCUT2D eigenvalue weighted by molar-refractivity contribution is 9.10. The number of carbonyl (C=O) groups is 1. The Bertz CT molecular complexity index is 467. The molecule has 1 atom stereocenters. The molecule has 2 rings (SSSR count). The van der Waals surface area contributed by atoms with Gasteiger partial charge in [-0.2, -0.15) is 11.8 Å². The van der Waals surface area contributed by atoms with E-state index >= 15 is 0 Å². The number of halogens is 1. The fraction of sp³-hybridized carbons (Fsp3) is 0.417. The molecule has 0 saturated carbocycles. The van der Waals surface area contributed by atoms with Crippen molar-refractivity contribution < 1.29 is 14.6 Å². The molecule has 3 N–H and O–H groups in total. The van der Waals surface area contributed by atoms with Crippen LogP contribution in [0, 0.1) is 0 Å². The summed E-state index contributed by atoms with van der Waals surface area (Å²) in [6.07, 6.45) is 0.932. The normalized spacial score (nSPS) is 15.0. The molecule has 18 heavy (non-hydrogen) atoms. The van der Waals surface area contributed by atoms with Crippen molar-refractivity contribution in [3.8, 4) is 5.75 Å². The van der Waals surface area contributed by atoms with Gasteiger partial charge in [0.25, 0.3) is 0 Å². The summed E-state index contributed by atoms with van der Waals surface area (Å²) in [5.41, 5.74) is 7.77. The molecule has 1 aliphatic heterocycles. The lowest BCUT2D eigenvalue weighted by Crippen LogP contribution is -2.32. The standard InChI is InChI=1S/C12H14BrNO3S/c13-9-3-7-1-2-17-11(7)8(4-9)5-18-6-10(14)12(15)16/h3-4,10H,1-2,5-6,14H2,(H,15,16)/t10-/m1/s1. The molecule has 4 nitrogen and oxygen atoms in total. The van der Waals surface area contributed by atoms with Gasteiger partial charge in [-0.1, -0.05) is 15.9 Å². The molecule has 98 valence electrons. The van der Waals surface area contributed by atoms with Gasteiger partial charge in [-0.25, -0.2) is 0 Å². The topological polar surface area (TPSA) is 72.5 Å². The molecule has 0 amide bonds. The number of fused-ring (bicyclic) bond motifs is 1. The number of hydrogen-bond acceptors (Lipinski definition) is 4. The van der Waals surface area contributed by atoms with Crippen molar-refractivity contribution in [2.75, 3.05) is 12.4 Å². The fourth-order valence-corrected chi connectivity index (χ4v) is 3.32. The van der Waals surface area contributed by atoms with Crippen molar-refractivity contribution in [3.63, 3.8) is 0 Å². The predicted octanol–water partition coefficient (Wildman–Crippen LogP) is 2.03. The van der Waals surface area contributed by atoms with E-state index in [1.54, 1.807) is 0 Å². The van der Waals surface area contributed by atoms with Crippen molar-refractivity contribution in [2.24, 2.45) is 5.73 Å². The van der Waals surface area contributed by atoms with Gasteiger partial charge in [0, 0.05) is 28.0 Å². The number of carboxylic acids is 1. The number of benzene rings is 1. The summed E-state index contributed by atoms with van der Waals surface area (Å²) in [4.78, 5) is 10.6. The molecule has 6 heteroatoms. The van der Waals surface area contributed by atoms with Gasteiger partial charge in [0.2, 0.25) is 0 Å². The Labute approximate surface area is 118 Å². The lowest BCUT2D eigenvalue weighted by atomic mass is 10.1. The van der Waals surface area contributed by atoms with Crippen LogP contribution in [0.5, 0.6) is 5.75 Å². The Morgan fingerprint density at radius 1 is 1.61 bits per heavy atom. The van der Waals surface area contributed by atoms with E-state index in [0.29, 0.717) is 11.5 Å². The summed E-state index contributed by atoms with van der Waals surface area (Å²) >= 11 is 4.99. The Morgan fingerprint density at radius 2 is 2.39 bits per heavy atom. The maximum atomic E-state index is 10.6. The van der Waals surface area contributed by atoms with Gasteiger partial charge in [0.1, 0.15) is 11.8 Å². The molecule has 0 aromatic heterocycles. The van der Waals surface area contributed by atoms with Gasteiger partial charge < -0.3 is 15.6 Å². The maximum Gasteiger partial charge on any atom is 0.321 e. The number of thioether (sulfide) groups is 1. The molecule has 0 unspecified atom stereocenters. The van der Waals surface area contributed by atoms with Gasteiger partial charge in [-0.05, 0) is 17.7 Å². The highest BCUT2D eigenvalue weighted by Crippen LogP contribution is 2.35. The first kappa shape index (κ1) is 13.7. The van der Waals surface area contributed by atoms with E-state index < -0.39 is 12.0 Å². The number of aliphatic carboxylic acids is 1. The fourth-order valence-electron chi connectivity index (χ4n) is 1.82. The first-order chi connectivity index (χ1) is 8.58. The minimum absolute atomic E-state index is 0.399. The third kappa shape index (κ3) is 3.18. The average molecular weight is 332 g/mol. The minimum Gasteiger partial charge on any atom is -0.493 e. The molecule has 1 aliphatic rings. The first-order valence-corrected chi connectivity index (χ1v) is 7.53. The quantitative estimate of drug-likeness (QED) is 0.863. The second-order valence-electron chi connectivity index (χ2n) is 4.11. The van der Waals surface area contributed by atoms with Gasteiger partial charge in [0.05, 0.1) is 6.61 Å². The number of hydrogen-bond donors (Lipinski definition) is 2. The van der Waals surface area contributed by atoms with Crippen LogP contribution in [0.2, 0.25) is 0 Å². The largest absolute Gasteiger partial charge is 0.493 e. The highest BCUT2D eigenvalue weighted by atomic mass is 79.9. The maximum absolute atomic E-state index is 10.6. The van der Waals surface area contributed by atoms with Crippen LogP contribution in [0.15, 0.2) is 16.6 Å². The van der Waals surface area contributed by atoms with Crippen LogP contribution >= 0.6 is 27.7 Å². The van der Waals surface area contributed by atoms with Crippen LogP contribution in [0.3, 0.4) is 0 Å². The lowest BCUT2D eigenvalue weighted by molar-refractivity contribution is -0.137. The van der Waals surface area contributed by atoms with E-state index in [2.05, 4.69) is 22.0 Å². The molecule has 0 saturated heterocycles. The van der Waals surface area contributed by atoms with E-state index in [0.717, 1.165) is 28.8 Å². The number of ether oxygens (including phenoxy) is 1. The molecule has 1 aromatic rings. The summed E-state index contributed by atoms with van der Waals surface area (Å²) < 4.78 is 6.64. The second-order valence-corrected chi connectivity index (χ2v) is 6.06. The van der Waals surface area contributed by atoms with E-state index in [9.17, 15) is 4.79 Å². The Hall–Kier alpha value is -0.720. The third-order valence-electron chi connectivity index (χ3n) is 2.70. The molecule has 1 aromatic carbocycles. The molecule has 0 spiro atoms. The van der Waals surface area contributed by atoms with Crippen LogP contribution in [0.4, 0.5) is 0 Å². The zero-order chi connectivity index (χ0) is 13.1. The van der Waals surface area contributed by atoms with Gasteiger partial charge in [-0.3, -0.25) is 4.79 Å². The first-order valence-electron chi connectivity index (χ1n) is 5.58. The van der Waals surface area contributed by atoms with Crippen LogP contribution < -0.4 is 10.5 Å². The summed E-state index contributed by atoms with van der Waals surface area (Å²) in [6.45, 7) is 0.720. The molecule has 0 radical (unpaired) electrons. The van der Waals surface area contributed by atoms with Crippen LogP contribution in [-0.4, -0.2) is 29.5 Å². The smallest absolute Gasteiger partial charge is 0.321 e. The molecule has 0 bridgehead atoms. The second kappa shape index (κ2) is 5.95. The van der Waals surface area contributed by atoms with E-state index in [1.165, 1.54) is 17.3 Å². The number of nitrogens with two attached hydrogens (primary N) is 1. The van der Waals surface area contributed by atoms with Gasteiger partial charge in [-0.15, -0.1) is 0 Å². The van der Waals surface area contributed by atoms with Crippen molar-refractivity contribution in [1.29, 1.82) is 0 Å². The third-order valence-corrected chi connectivity index (χ3v) is 4.27. The number of rotatable bonds is 5.